The minimum atomic E-state index is -0.314. The molecular weight excluding hydrogens is 240 g/mol. The molecule has 19 heavy (non-hydrogen) atoms. The second-order valence-electron chi connectivity index (χ2n) is 4.54. The Bertz CT molecular complexity index is 714. The molecule has 2 heterocycles. The molecular formula is C15H14N2O2. The standard InChI is InChI=1S/C15H14N2O2/c1-9-13(15(18)19-3)10-7-8-16-11-5-4-6-12(14(10)11)17(9)2/h4-8H,1-3H3. The number of carbonyl (C=O) groups excluding carboxylic acids is 1. The quantitative estimate of drug-likeness (QED) is 0.734. The van der Waals surface area contributed by atoms with Gasteiger partial charge in [-0.05, 0) is 25.1 Å². The predicted molar refractivity (Wildman–Crippen MR) is 74.8 cm³/mol. The maximum Gasteiger partial charge on any atom is 0.340 e. The molecule has 1 aliphatic heterocycles. The first-order valence-electron chi connectivity index (χ1n) is 6.06. The molecule has 4 nitrogen and oxygen atoms in total. The highest BCUT2D eigenvalue weighted by atomic mass is 16.5. The maximum atomic E-state index is 12.0. The van der Waals surface area contributed by atoms with Crippen LogP contribution in [-0.2, 0) is 9.53 Å². The molecule has 96 valence electrons. The molecule has 0 unspecified atom stereocenters. The lowest BCUT2D eigenvalue weighted by atomic mass is 9.94. The fourth-order valence-electron chi connectivity index (χ4n) is 2.58. The van der Waals surface area contributed by atoms with Gasteiger partial charge in [-0.15, -0.1) is 0 Å². The van der Waals surface area contributed by atoms with E-state index < -0.39 is 0 Å². The van der Waals surface area contributed by atoms with Crippen molar-refractivity contribution >= 4 is 28.1 Å². The van der Waals surface area contributed by atoms with Gasteiger partial charge >= 0.3 is 5.97 Å². The largest absolute Gasteiger partial charge is 0.465 e. The summed E-state index contributed by atoms with van der Waals surface area (Å²) in [5.74, 6) is -0.314. The van der Waals surface area contributed by atoms with E-state index in [9.17, 15) is 4.79 Å². The third-order valence-corrected chi connectivity index (χ3v) is 3.63. The van der Waals surface area contributed by atoms with Crippen LogP contribution in [0.5, 0.6) is 0 Å². The number of ether oxygens (including phenoxy) is 1. The van der Waals surface area contributed by atoms with Gasteiger partial charge in [-0.3, -0.25) is 4.98 Å². The van der Waals surface area contributed by atoms with Crippen molar-refractivity contribution in [3.8, 4) is 0 Å². The summed E-state index contributed by atoms with van der Waals surface area (Å²) >= 11 is 0. The summed E-state index contributed by atoms with van der Waals surface area (Å²) < 4.78 is 4.91. The molecule has 0 atom stereocenters. The van der Waals surface area contributed by atoms with Crippen LogP contribution in [0.2, 0.25) is 0 Å². The van der Waals surface area contributed by atoms with E-state index in [1.54, 1.807) is 6.20 Å². The molecule has 1 aromatic carbocycles. The summed E-state index contributed by atoms with van der Waals surface area (Å²) in [6, 6.07) is 7.83. The van der Waals surface area contributed by atoms with Gasteiger partial charge in [-0.25, -0.2) is 4.79 Å². The summed E-state index contributed by atoms with van der Waals surface area (Å²) in [6.07, 6.45) is 1.73. The molecule has 0 amide bonds. The van der Waals surface area contributed by atoms with Crippen molar-refractivity contribution in [2.24, 2.45) is 0 Å². The topological polar surface area (TPSA) is 42.4 Å². The molecule has 0 saturated heterocycles. The second kappa shape index (κ2) is 4.09. The van der Waals surface area contributed by atoms with Crippen LogP contribution >= 0.6 is 0 Å². The third-order valence-electron chi connectivity index (χ3n) is 3.63. The van der Waals surface area contributed by atoms with Gasteiger partial charge < -0.3 is 9.64 Å². The second-order valence-corrected chi connectivity index (χ2v) is 4.54. The first-order valence-corrected chi connectivity index (χ1v) is 6.06. The number of methoxy groups -OCH3 is 1. The number of hydrogen-bond acceptors (Lipinski definition) is 4. The van der Waals surface area contributed by atoms with Gasteiger partial charge in [0.25, 0.3) is 0 Å². The molecule has 1 aliphatic rings. The van der Waals surface area contributed by atoms with Crippen LogP contribution in [0.25, 0.3) is 16.5 Å². The Hall–Kier alpha value is -2.36. The lowest BCUT2D eigenvalue weighted by molar-refractivity contribution is -0.133. The number of anilines is 1. The maximum absolute atomic E-state index is 12.0. The average molecular weight is 254 g/mol. The number of pyridine rings is 1. The molecule has 0 saturated carbocycles. The van der Waals surface area contributed by atoms with E-state index >= 15 is 0 Å². The fraction of sp³-hybridized carbons (Fsp3) is 0.200. The molecule has 0 N–H and O–H groups in total. The van der Waals surface area contributed by atoms with Gasteiger partial charge in [0.2, 0.25) is 0 Å². The number of rotatable bonds is 1. The summed E-state index contributed by atoms with van der Waals surface area (Å²) in [5.41, 5.74) is 4.33. The molecule has 0 radical (unpaired) electrons. The molecule has 2 aromatic rings. The summed E-state index contributed by atoms with van der Waals surface area (Å²) in [4.78, 5) is 18.4. The number of esters is 1. The van der Waals surface area contributed by atoms with Crippen molar-refractivity contribution in [2.75, 3.05) is 19.1 Å². The van der Waals surface area contributed by atoms with E-state index in [1.807, 2.05) is 43.1 Å². The molecule has 0 spiro atoms. The molecule has 0 fully saturated rings. The van der Waals surface area contributed by atoms with Crippen molar-refractivity contribution in [2.45, 2.75) is 6.92 Å². The Morgan fingerprint density at radius 3 is 2.84 bits per heavy atom. The van der Waals surface area contributed by atoms with E-state index in [-0.39, 0.29) is 5.97 Å². The number of aromatic nitrogens is 1. The Kier molecular flexibility index (Phi) is 2.52. The van der Waals surface area contributed by atoms with E-state index in [1.165, 1.54) is 7.11 Å². The number of hydrogen-bond donors (Lipinski definition) is 0. The third kappa shape index (κ3) is 1.53. The van der Waals surface area contributed by atoms with Gasteiger partial charge in [0.05, 0.1) is 23.9 Å². The minimum Gasteiger partial charge on any atom is -0.465 e. The fourth-order valence-corrected chi connectivity index (χ4v) is 2.58. The van der Waals surface area contributed by atoms with Gasteiger partial charge in [0.1, 0.15) is 0 Å². The Morgan fingerprint density at radius 1 is 1.32 bits per heavy atom. The first kappa shape index (κ1) is 11.7. The van der Waals surface area contributed by atoms with E-state index in [0.717, 1.165) is 27.9 Å². The zero-order valence-electron chi connectivity index (χ0n) is 11.1. The smallest absolute Gasteiger partial charge is 0.340 e. The predicted octanol–water partition coefficient (Wildman–Crippen LogP) is 2.59. The number of benzene rings is 1. The van der Waals surface area contributed by atoms with Crippen LogP contribution in [0.15, 0.2) is 36.2 Å². The van der Waals surface area contributed by atoms with E-state index in [2.05, 4.69) is 4.98 Å². The van der Waals surface area contributed by atoms with Gasteiger partial charge in [-0.1, -0.05) is 6.07 Å². The average Bonchev–Trinajstić information content (AvgIpc) is 2.44. The van der Waals surface area contributed by atoms with Crippen LogP contribution in [0.3, 0.4) is 0 Å². The number of nitrogens with zero attached hydrogens (tertiary/aromatic N) is 2. The van der Waals surface area contributed by atoms with E-state index in [0.29, 0.717) is 5.57 Å². The van der Waals surface area contributed by atoms with Crippen LogP contribution in [0, 0.1) is 0 Å². The summed E-state index contributed by atoms with van der Waals surface area (Å²) in [5, 5.41) is 0.999. The number of allylic oxidation sites excluding steroid dienone is 1. The van der Waals surface area contributed by atoms with Crippen molar-refractivity contribution in [3.63, 3.8) is 0 Å². The van der Waals surface area contributed by atoms with Crippen molar-refractivity contribution in [3.05, 3.63) is 41.7 Å². The molecule has 0 aliphatic carbocycles. The SMILES string of the molecule is COC(=O)C1=C(C)N(C)c2cccc3nccc1c23. The zero-order valence-corrected chi connectivity index (χ0v) is 11.1. The lowest BCUT2D eigenvalue weighted by Crippen LogP contribution is -2.23. The number of carbonyl (C=O) groups is 1. The van der Waals surface area contributed by atoms with Crippen molar-refractivity contribution in [1.82, 2.24) is 4.98 Å². The van der Waals surface area contributed by atoms with Crippen LogP contribution in [0.4, 0.5) is 5.69 Å². The lowest BCUT2D eigenvalue weighted by Gasteiger charge is -2.29. The molecule has 3 rings (SSSR count). The van der Waals surface area contributed by atoms with Crippen molar-refractivity contribution < 1.29 is 9.53 Å². The molecule has 4 heteroatoms. The Balaban J connectivity index is 2.42. The van der Waals surface area contributed by atoms with Gasteiger partial charge in [-0.2, -0.15) is 0 Å². The minimum absolute atomic E-state index is 0.314. The molecule has 0 bridgehead atoms. The van der Waals surface area contributed by atoms with Crippen LogP contribution in [0.1, 0.15) is 12.5 Å². The normalized spacial score (nSPS) is 13.9. The highest BCUT2D eigenvalue weighted by Gasteiger charge is 2.27. The monoisotopic (exact) mass is 254 g/mol. The summed E-state index contributed by atoms with van der Waals surface area (Å²) in [6.45, 7) is 1.93. The highest BCUT2D eigenvalue weighted by Crippen LogP contribution is 2.39. The first-order chi connectivity index (χ1) is 9.15. The van der Waals surface area contributed by atoms with Gasteiger partial charge in [0.15, 0.2) is 0 Å². The zero-order chi connectivity index (χ0) is 13.6. The molecule has 1 aromatic heterocycles. The van der Waals surface area contributed by atoms with Crippen molar-refractivity contribution in [1.29, 1.82) is 0 Å². The highest BCUT2D eigenvalue weighted by molar-refractivity contribution is 6.24. The van der Waals surface area contributed by atoms with Gasteiger partial charge in [0, 0.05) is 29.9 Å². The Labute approximate surface area is 111 Å². The van der Waals surface area contributed by atoms with Crippen LogP contribution < -0.4 is 4.90 Å². The van der Waals surface area contributed by atoms with E-state index in [4.69, 9.17) is 4.74 Å². The van der Waals surface area contributed by atoms with Crippen LogP contribution in [-0.4, -0.2) is 25.1 Å². The Morgan fingerprint density at radius 2 is 2.11 bits per heavy atom. The summed E-state index contributed by atoms with van der Waals surface area (Å²) in [7, 11) is 3.35.